The van der Waals surface area contributed by atoms with E-state index in [0.717, 1.165) is 6.07 Å². The Bertz CT molecular complexity index is 1350. The number of nitriles is 1. The van der Waals surface area contributed by atoms with Crippen molar-refractivity contribution in [3.8, 4) is 17.2 Å². The van der Waals surface area contributed by atoms with Crippen LogP contribution in [0.15, 0.2) is 42.6 Å². The number of nitrogens with two attached hydrogens (primary N) is 1. The van der Waals surface area contributed by atoms with E-state index in [1.54, 1.807) is 32.4 Å². The molecule has 202 valence electrons. The Kier molecular flexibility index (Phi) is 9.46. The zero-order valence-electron chi connectivity index (χ0n) is 21.0. The summed E-state index contributed by atoms with van der Waals surface area (Å²) >= 11 is 0. The highest BCUT2D eigenvalue weighted by atomic mass is 32.2. The summed E-state index contributed by atoms with van der Waals surface area (Å²) in [6.45, 7) is 6.45. The Morgan fingerprint density at radius 1 is 1.11 bits per heavy atom. The molecule has 0 radical (unpaired) electrons. The van der Waals surface area contributed by atoms with Crippen molar-refractivity contribution < 1.29 is 30.4 Å². The first-order valence-corrected chi connectivity index (χ1v) is 12.3. The number of benzene rings is 2. The van der Waals surface area contributed by atoms with Crippen LogP contribution in [0.2, 0.25) is 0 Å². The van der Waals surface area contributed by atoms with Gasteiger partial charge in [0.05, 0.1) is 23.2 Å². The molecule has 0 bridgehead atoms. The number of fused-ring (bicyclic) bond motifs is 1. The number of rotatable bonds is 5. The molecular weight excluding hydrogens is 515 g/mol. The van der Waals surface area contributed by atoms with Crippen LogP contribution in [-0.2, 0) is 23.6 Å². The number of thiol groups is 1. The fraction of sp³-hybridized carbons (Fsp3) is 0.400. The third-order valence-corrected chi connectivity index (χ3v) is 5.45. The van der Waals surface area contributed by atoms with E-state index >= 15 is 0 Å². The predicted octanol–water partition coefficient (Wildman–Crippen LogP) is 5.58. The molecule has 1 aromatic heterocycles. The van der Waals surface area contributed by atoms with Crippen LogP contribution in [-0.4, -0.2) is 38.4 Å². The molecule has 1 heterocycles. The average Bonchev–Trinajstić information content (AvgIpc) is 3.07. The van der Waals surface area contributed by atoms with E-state index in [2.05, 4.69) is 5.14 Å². The lowest BCUT2D eigenvalue weighted by atomic mass is 9.93. The van der Waals surface area contributed by atoms with Crippen LogP contribution in [0.5, 0.6) is 0 Å². The number of alkyl halides is 5. The van der Waals surface area contributed by atoms with Crippen molar-refractivity contribution in [2.24, 2.45) is 10.6 Å². The van der Waals surface area contributed by atoms with E-state index in [-0.39, 0.29) is 22.1 Å². The van der Waals surface area contributed by atoms with Crippen molar-refractivity contribution in [3.05, 3.63) is 59.3 Å². The number of hydrogen-bond acceptors (Lipinski definition) is 4. The molecule has 0 aliphatic rings. The second kappa shape index (κ2) is 11.6. The van der Waals surface area contributed by atoms with Crippen molar-refractivity contribution in [2.75, 3.05) is 14.1 Å². The molecule has 3 rings (SSSR count). The summed E-state index contributed by atoms with van der Waals surface area (Å²) in [5.41, 5.74) is -0.260. The first kappa shape index (κ1) is 30.2. The molecule has 12 heteroatoms. The molecule has 1 unspecified atom stereocenters. The summed E-state index contributed by atoms with van der Waals surface area (Å²) in [5, 5.41) is 14.1. The predicted molar refractivity (Wildman–Crippen MR) is 133 cm³/mol. The van der Waals surface area contributed by atoms with Crippen LogP contribution >= 0.6 is 0 Å². The van der Waals surface area contributed by atoms with Crippen LogP contribution in [0.25, 0.3) is 22.0 Å². The molecule has 2 N–H and O–H groups in total. The van der Waals surface area contributed by atoms with E-state index in [4.69, 9.17) is 8.42 Å². The van der Waals surface area contributed by atoms with Gasteiger partial charge in [-0.05, 0) is 43.3 Å². The second-order valence-electron chi connectivity index (χ2n) is 9.87. The quantitative estimate of drug-likeness (QED) is 0.324. The first-order chi connectivity index (χ1) is 17.0. The maximum atomic E-state index is 13.9. The minimum Gasteiger partial charge on any atom is -0.347 e. The number of aromatic nitrogens is 1. The van der Waals surface area contributed by atoms with E-state index in [1.807, 2.05) is 31.4 Å². The lowest BCUT2D eigenvalue weighted by molar-refractivity contribution is -0.137. The summed E-state index contributed by atoms with van der Waals surface area (Å²) in [6.07, 6.45) is -5.64. The highest BCUT2D eigenvalue weighted by molar-refractivity contribution is 7.69. The fourth-order valence-electron chi connectivity index (χ4n) is 4.19. The van der Waals surface area contributed by atoms with Crippen molar-refractivity contribution in [3.63, 3.8) is 0 Å². The van der Waals surface area contributed by atoms with Gasteiger partial charge in [-0.2, -0.15) is 18.4 Å². The molecule has 0 saturated heterocycles. The lowest BCUT2D eigenvalue weighted by Gasteiger charge is -2.23. The summed E-state index contributed by atoms with van der Waals surface area (Å²) in [6, 6.07) is 8.77. The zero-order chi connectivity index (χ0) is 28.3. The molecule has 0 fully saturated rings. The number of halogens is 5. The monoisotopic (exact) mass is 544 g/mol. The minimum absolute atomic E-state index is 0.0999. The Labute approximate surface area is 214 Å². The summed E-state index contributed by atoms with van der Waals surface area (Å²) in [7, 11) is 0.512. The third-order valence-electron chi connectivity index (χ3n) is 5.45. The maximum Gasteiger partial charge on any atom is 0.417 e. The Balaban J connectivity index is 0.00000112. The van der Waals surface area contributed by atoms with E-state index in [1.165, 1.54) is 23.1 Å². The van der Waals surface area contributed by atoms with Crippen LogP contribution in [0.1, 0.15) is 43.5 Å². The molecule has 1 atom stereocenters. The molecule has 6 nitrogen and oxygen atoms in total. The van der Waals surface area contributed by atoms with Gasteiger partial charge < -0.3 is 4.57 Å². The van der Waals surface area contributed by atoms with Gasteiger partial charge in [0.25, 0.3) is 6.43 Å². The van der Waals surface area contributed by atoms with Gasteiger partial charge in [0.15, 0.2) is 10.9 Å². The van der Waals surface area contributed by atoms with Crippen LogP contribution in [0.3, 0.4) is 0 Å². The van der Waals surface area contributed by atoms with Crippen molar-refractivity contribution in [1.82, 2.24) is 9.47 Å². The number of hydrogen-bond donors (Lipinski definition) is 2. The lowest BCUT2D eigenvalue weighted by Crippen LogP contribution is -2.26. The molecular formula is C25H29F5N4O2S. The number of nitrogens with zero attached hydrogens (tertiary/aromatic N) is 3. The molecule has 0 aliphatic heterocycles. The molecule has 0 saturated carbocycles. The van der Waals surface area contributed by atoms with Gasteiger partial charge in [-0.3, -0.25) is 4.90 Å². The normalized spacial score (nSPS) is 13.1. The second-order valence-corrected chi connectivity index (χ2v) is 10.4. The highest BCUT2D eigenvalue weighted by Crippen LogP contribution is 2.41. The molecule has 2 aromatic carbocycles. The van der Waals surface area contributed by atoms with Gasteiger partial charge in [-0.15, -0.1) is 0 Å². The van der Waals surface area contributed by atoms with Crippen LogP contribution in [0, 0.1) is 16.7 Å². The summed E-state index contributed by atoms with van der Waals surface area (Å²) in [4.78, 5) is 1.43. The topological polar surface area (TPSA) is 92.1 Å². The Morgan fingerprint density at radius 2 is 1.70 bits per heavy atom. The summed E-state index contributed by atoms with van der Waals surface area (Å²) < 4.78 is 88.5. The standard InChI is InChI=1S/C25H26F5N3.H3NO2S/c1-24(2,3)14-33-13-18(22(23(26)27)32(4)5)17-10-9-15(11-20(17)33)21-16(12-31)7-6-8-19(21)25(28,29)30;1-4(2)3/h6-11,13,22-23H,14H2,1-5H3;4H,(H2,1,2,3). The van der Waals surface area contributed by atoms with Gasteiger partial charge in [0.1, 0.15) is 0 Å². The van der Waals surface area contributed by atoms with Crippen LogP contribution in [0.4, 0.5) is 22.0 Å². The molecule has 0 amide bonds. The molecule has 0 spiro atoms. The third kappa shape index (κ3) is 7.50. The first-order valence-electron chi connectivity index (χ1n) is 11.0. The maximum absolute atomic E-state index is 13.9. The molecule has 0 aliphatic carbocycles. The van der Waals surface area contributed by atoms with Crippen LogP contribution < -0.4 is 5.14 Å². The fourth-order valence-corrected chi connectivity index (χ4v) is 4.19. The largest absolute Gasteiger partial charge is 0.417 e. The highest BCUT2D eigenvalue weighted by Gasteiger charge is 2.35. The Morgan fingerprint density at radius 3 is 2.16 bits per heavy atom. The van der Waals surface area contributed by atoms with Gasteiger partial charge in [0.2, 0.25) is 0 Å². The Hall–Kier alpha value is -3.01. The van der Waals surface area contributed by atoms with E-state index < -0.39 is 35.1 Å². The van der Waals surface area contributed by atoms with E-state index in [0.29, 0.717) is 23.0 Å². The smallest absolute Gasteiger partial charge is 0.347 e. The SMILES string of the molecule is CN(C)C(c1cn(CC(C)(C)C)c2cc(-c3c(C#N)cccc3C(F)(F)F)ccc12)C(F)F.N[SH](=O)=O. The minimum atomic E-state index is -4.65. The molecule has 37 heavy (non-hydrogen) atoms. The van der Waals surface area contributed by atoms with E-state index in [9.17, 15) is 27.2 Å². The van der Waals surface area contributed by atoms with Gasteiger partial charge in [-0.25, -0.2) is 22.3 Å². The van der Waals surface area contributed by atoms with Gasteiger partial charge >= 0.3 is 6.18 Å². The van der Waals surface area contributed by atoms with Gasteiger partial charge in [-0.1, -0.05) is 39.0 Å². The molecule has 3 aromatic rings. The van der Waals surface area contributed by atoms with Gasteiger partial charge in [0, 0.05) is 34.8 Å². The van der Waals surface area contributed by atoms with Crippen molar-refractivity contribution >= 4 is 21.8 Å². The van der Waals surface area contributed by atoms with Crippen molar-refractivity contribution in [2.45, 2.75) is 46.0 Å². The van der Waals surface area contributed by atoms with Crippen molar-refractivity contribution in [1.29, 1.82) is 5.26 Å². The average molecular weight is 545 g/mol. The summed E-state index contributed by atoms with van der Waals surface area (Å²) in [5.74, 6) is 0. The zero-order valence-corrected chi connectivity index (χ0v) is 21.9.